The van der Waals surface area contributed by atoms with Gasteiger partial charge in [-0.25, -0.2) is 0 Å². The highest BCUT2D eigenvalue weighted by Crippen LogP contribution is 2.14. The van der Waals surface area contributed by atoms with E-state index in [0.29, 0.717) is 17.5 Å². The molecule has 0 fully saturated rings. The van der Waals surface area contributed by atoms with Gasteiger partial charge >= 0.3 is 5.97 Å². The molecule has 0 radical (unpaired) electrons. The van der Waals surface area contributed by atoms with Crippen LogP contribution in [0.5, 0.6) is 0 Å². The van der Waals surface area contributed by atoms with Crippen LogP contribution in [0.4, 0.5) is 0 Å². The minimum Gasteiger partial charge on any atom is -0.481 e. The van der Waals surface area contributed by atoms with Gasteiger partial charge in [-0.2, -0.15) is 4.98 Å². The molecule has 0 saturated heterocycles. The number of likely N-dealkylation sites (N-methyl/N-ethyl adjacent to an activating group) is 1. The van der Waals surface area contributed by atoms with E-state index in [4.69, 9.17) is 9.63 Å². The van der Waals surface area contributed by atoms with Gasteiger partial charge < -0.3 is 14.5 Å². The maximum Gasteiger partial charge on any atom is 0.314 e. The molecule has 6 nitrogen and oxygen atoms in total. The zero-order chi connectivity index (χ0) is 11.3. The highest BCUT2D eigenvalue weighted by molar-refractivity contribution is 7.99. The molecule has 0 spiro atoms. The molecular formula is C8H13N3O3S. The van der Waals surface area contributed by atoms with Gasteiger partial charge in [0, 0.05) is 13.0 Å². The maximum absolute atomic E-state index is 10.3. The highest BCUT2D eigenvalue weighted by Gasteiger charge is 2.08. The molecule has 1 N–H and O–H groups in total. The number of thioether (sulfide) groups is 1. The smallest absolute Gasteiger partial charge is 0.314 e. The molecule has 0 amide bonds. The Morgan fingerprint density at radius 1 is 1.60 bits per heavy atom. The minimum absolute atomic E-state index is 0.0602. The van der Waals surface area contributed by atoms with E-state index < -0.39 is 5.97 Å². The average Bonchev–Trinajstić information content (AvgIpc) is 2.59. The Bertz CT molecular complexity index is 327. The first kappa shape index (κ1) is 12.0. The second-order valence-electron chi connectivity index (χ2n) is 3.21. The van der Waals surface area contributed by atoms with Crippen molar-refractivity contribution in [1.82, 2.24) is 15.0 Å². The monoisotopic (exact) mass is 231 g/mol. The van der Waals surface area contributed by atoms with E-state index in [0.717, 1.165) is 18.3 Å². The largest absolute Gasteiger partial charge is 0.481 e. The number of carboxylic acids is 1. The van der Waals surface area contributed by atoms with Gasteiger partial charge in [-0.15, -0.1) is 0 Å². The van der Waals surface area contributed by atoms with Crippen molar-refractivity contribution in [2.75, 3.05) is 26.4 Å². The Hall–Kier alpha value is -1.08. The van der Waals surface area contributed by atoms with E-state index in [9.17, 15) is 4.79 Å². The summed E-state index contributed by atoms with van der Waals surface area (Å²) in [6.07, 6.45) is 0.699. The van der Waals surface area contributed by atoms with Gasteiger partial charge in [0.05, 0.1) is 0 Å². The fourth-order valence-corrected chi connectivity index (χ4v) is 1.35. The maximum atomic E-state index is 10.3. The molecular weight excluding hydrogens is 218 g/mol. The SMILES string of the molecule is CN(C)CCc1noc(SCC(=O)O)n1. The van der Waals surface area contributed by atoms with Crippen LogP contribution in [0.25, 0.3) is 0 Å². The molecule has 84 valence electrons. The number of rotatable bonds is 6. The summed E-state index contributed by atoms with van der Waals surface area (Å²) in [5.74, 6) is -0.348. The van der Waals surface area contributed by atoms with Crippen molar-refractivity contribution in [3.8, 4) is 0 Å². The van der Waals surface area contributed by atoms with Crippen LogP contribution < -0.4 is 0 Å². The molecule has 0 unspecified atom stereocenters. The second kappa shape index (κ2) is 5.72. The van der Waals surface area contributed by atoms with E-state index in [1.165, 1.54) is 0 Å². The van der Waals surface area contributed by atoms with Crippen molar-refractivity contribution in [2.24, 2.45) is 0 Å². The lowest BCUT2D eigenvalue weighted by atomic mass is 10.4. The summed E-state index contributed by atoms with van der Waals surface area (Å²) in [5, 5.41) is 12.5. The van der Waals surface area contributed by atoms with E-state index in [1.54, 1.807) is 0 Å². The first-order chi connectivity index (χ1) is 7.08. The van der Waals surface area contributed by atoms with Crippen LogP contribution in [0.2, 0.25) is 0 Å². The molecule has 0 aliphatic rings. The van der Waals surface area contributed by atoms with Gasteiger partial charge in [-0.3, -0.25) is 4.79 Å². The van der Waals surface area contributed by atoms with Gasteiger partial charge in [-0.05, 0) is 14.1 Å². The zero-order valence-corrected chi connectivity index (χ0v) is 9.45. The zero-order valence-electron chi connectivity index (χ0n) is 8.63. The topological polar surface area (TPSA) is 79.5 Å². The number of carboxylic acid groups (broad SMARTS) is 1. The van der Waals surface area contributed by atoms with E-state index in [2.05, 4.69) is 10.1 Å². The molecule has 0 aromatic carbocycles. The molecule has 1 rings (SSSR count). The number of aliphatic carboxylic acids is 1. The fraction of sp³-hybridized carbons (Fsp3) is 0.625. The third-order valence-corrected chi connectivity index (χ3v) is 2.36. The van der Waals surface area contributed by atoms with Crippen molar-refractivity contribution in [2.45, 2.75) is 11.6 Å². The predicted octanol–water partition coefficient (Wildman–Crippen LogP) is 0.350. The molecule has 0 atom stereocenters. The van der Waals surface area contributed by atoms with E-state index in [1.807, 2.05) is 19.0 Å². The van der Waals surface area contributed by atoms with Crippen LogP contribution in [-0.4, -0.2) is 52.5 Å². The molecule has 1 aromatic heterocycles. The molecule has 0 aliphatic heterocycles. The average molecular weight is 231 g/mol. The first-order valence-electron chi connectivity index (χ1n) is 4.40. The number of aromatic nitrogens is 2. The standard InChI is InChI=1S/C8H13N3O3S/c1-11(2)4-3-6-9-8(14-10-6)15-5-7(12)13/h3-5H2,1-2H3,(H,12,13). The van der Waals surface area contributed by atoms with Gasteiger partial charge in [0.25, 0.3) is 5.22 Å². The summed E-state index contributed by atoms with van der Waals surface area (Å²) >= 11 is 1.03. The number of hydrogen-bond acceptors (Lipinski definition) is 6. The lowest BCUT2D eigenvalue weighted by Crippen LogP contribution is -2.15. The highest BCUT2D eigenvalue weighted by atomic mass is 32.2. The summed E-state index contributed by atoms with van der Waals surface area (Å²) < 4.78 is 4.87. The fourth-order valence-electron chi connectivity index (χ4n) is 0.845. The third kappa shape index (κ3) is 4.80. The Morgan fingerprint density at radius 3 is 2.93 bits per heavy atom. The summed E-state index contributed by atoms with van der Waals surface area (Å²) in [7, 11) is 3.92. The van der Waals surface area contributed by atoms with Gasteiger partial charge in [0.15, 0.2) is 5.82 Å². The molecule has 0 aliphatic carbocycles. The Kier molecular flexibility index (Phi) is 4.57. The first-order valence-corrected chi connectivity index (χ1v) is 5.38. The third-order valence-electron chi connectivity index (χ3n) is 1.55. The Morgan fingerprint density at radius 2 is 2.33 bits per heavy atom. The van der Waals surface area contributed by atoms with Gasteiger partial charge in [0.1, 0.15) is 5.75 Å². The van der Waals surface area contributed by atoms with Crippen molar-refractivity contribution < 1.29 is 14.4 Å². The number of nitrogens with zero attached hydrogens (tertiary/aromatic N) is 3. The molecule has 0 saturated carbocycles. The van der Waals surface area contributed by atoms with Crippen molar-refractivity contribution in [1.29, 1.82) is 0 Å². The lowest BCUT2D eigenvalue weighted by molar-refractivity contribution is -0.133. The Labute approximate surface area is 91.6 Å². The van der Waals surface area contributed by atoms with Gasteiger partial charge in [-0.1, -0.05) is 16.9 Å². The Balaban J connectivity index is 2.38. The lowest BCUT2D eigenvalue weighted by Gasteiger charge is -2.05. The van der Waals surface area contributed by atoms with Crippen molar-refractivity contribution in [3.05, 3.63) is 5.82 Å². The van der Waals surface area contributed by atoms with Crippen LogP contribution in [0, 0.1) is 0 Å². The summed E-state index contributed by atoms with van der Waals surface area (Å²) in [4.78, 5) is 16.3. The molecule has 1 heterocycles. The van der Waals surface area contributed by atoms with Crippen LogP contribution in [0.1, 0.15) is 5.82 Å². The van der Waals surface area contributed by atoms with Crippen LogP contribution in [0.3, 0.4) is 0 Å². The second-order valence-corrected chi connectivity index (χ2v) is 4.14. The number of hydrogen-bond donors (Lipinski definition) is 1. The molecule has 15 heavy (non-hydrogen) atoms. The normalized spacial score (nSPS) is 10.9. The number of carbonyl (C=O) groups is 1. The van der Waals surface area contributed by atoms with E-state index in [-0.39, 0.29) is 5.75 Å². The summed E-state index contributed by atoms with van der Waals surface area (Å²) in [6.45, 7) is 0.836. The molecule has 1 aromatic rings. The summed E-state index contributed by atoms with van der Waals surface area (Å²) in [6, 6.07) is 0. The van der Waals surface area contributed by atoms with Crippen molar-refractivity contribution >= 4 is 17.7 Å². The minimum atomic E-state index is -0.895. The molecule has 7 heteroatoms. The van der Waals surface area contributed by atoms with Crippen LogP contribution in [0.15, 0.2) is 9.75 Å². The van der Waals surface area contributed by atoms with Crippen molar-refractivity contribution in [3.63, 3.8) is 0 Å². The molecule has 0 bridgehead atoms. The predicted molar refractivity (Wildman–Crippen MR) is 54.9 cm³/mol. The van der Waals surface area contributed by atoms with E-state index >= 15 is 0 Å². The van der Waals surface area contributed by atoms with Gasteiger partial charge in [0.2, 0.25) is 0 Å². The quantitative estimate of drug-likeness (QED) is 0.707. The van der Waals surface area contributed by atoms with Crippen LogP contribution in [-0.2, 0) is 11.2 Å². The van der Waals surface area contributed by atoms with Crippen LogP contribution >= 0.6 is 11.8 Å². The summed E-state index contributed by atoms with van der Waals surface area (Å²) in [5.41, 5.74) is 0.